The maximum Gasteiger partial charge on any atom is 0.416 e. The summed E-state index contributed by atoms with van der Waals surface area (Å²) >= 11 is 0. The fourth-order valence-electron chi connectivity index (χ4n) is 4.14. The van der Waals surface area contributed by atoms with E-state index in [0.717, 1.165) is 50.9 Å². The molecule has 0 N–H and O–H groups in total. The second-order valence-corrected chi connectivity index (χ2v) is 7.65. The first-order chi connectivity index (χ1) is 14.9. The molecule has 4 heteroatoms. The van der Waals surface area contributed by atoms with Gasteiger partial charge in [-0.1, -0.05) is 60.7 Å². The summed E-state index contributed by atoms with van der Waals surface area (Å²) in [4.78, 5) is 4.64. The molecule has 1 aromatic heterocycles. The van der Waals surface area contributed by atoms with Crippen LogP contribution in [0.15, 0.2) is 91.1 Å². The van der Waals surface area contributed by atoms with Gasteiger partial charge in [-0.05, 0) is 64.0 Å². The molecule has 1 heterocycles. The topological polar surface area (TPSA) is 12.9 Å². The molecule has 0 aliphatic heterocycles. The first kappa shape index (κ1) is 19.3. The summed E-state index contributed by atoms with van der Waals surface area (Å²) in [6.45, 7) is 1.97. The highest BCUT2D eigenvalue weighted by molar-refractivity contribution is 6.11. The van der Waals surface area contributed by atoms with E-state index < -0.39 is 11.7 Å². The van der Waals surface area contributed by atoms with Crippen molar-refractivity contribution in [2.45, 2.75) is 13.1 Å². The van der Waals surface area contributed by atoms with E-state index in [1.165, 1.54) is 22.9 Å². The average molecular weight is 413 g/mol. The lowest BCUT2D eigenvalue weighted by molar-refractivity contribution is -0.137. The van der Waals surface area contributed by atoms with E-state index in [9.17, 15) is 13.2 Å². The van der Waals surface area contributed by atoms with Crippen molar-refractivity contribution in [2.75, 3.05) is 0 Å². The first-order valence-corrected chi connectivity index (χ1v) is 9.97. The number of hydrogen-bond donors (Lipinski definition) is 0. The Morgan fingerprint density at radius 3 is 2.16 bits per heavy atom. The molecule has 152 valence electrons. The van der Waals surface area contributed by atoms with Crippen molar-refractivity contribution in [3.05, 3.63) is 102 Å². The first-order valence-electron chi connectivity index (χ1n) is 9.97. The minimum absolute atomic E-state index is 0.641. The van der Waals surface area contributed by atoms with Gasteiger partial charge in [0, 0.05) is 17.1 Å². The number of pyridine rings is 1. The van der Waals surface area contributed by atoms with Crippen LogP contribution in [0.3, 0.4) is 0 Å². The number of alkyl halides is 3. The molecular formula is C27H18F3N. The largest absolute Gasteiger partial charge is 0.416 e. The van der Waals surface area contributed by atoms with Crippen LogP contribution < -0.4 is 0 Å². The van der Waals surface area contributed by atoms with E-state index in [4.69, 9.17) is 0 Å². The number of aromatic nitrogens is 1. The number of fused-ring (bicyclic) bond motifs is 3. The van der Waals surface area contributed by atoms with Gasteiger partial charge >= 0.3 is 6.18 Å². The second-order valence-electron chi connectivity index (χ2n) is 7.65. The van der Waals surface area contributed by atoms with Crippen LogP contribution in [-0.2, 0) is 6.18 Å². The van der Waals surface area contributed by atoms with Crippen molar-refractivity contribution in [2.24, 2.45) is 0 Å². The monoisotopic (exact) mass is 413 g/mol. The molecular weight excluding hydrogens is 395 g/mol. The molecule has 0 fully saturated rings. The maximum absolute atomic E-state index is 12.9. The minimum atomic E-state index is -4.33. The van der Waals surface area contributed by atoms with E-state index in [1.54, 1.807) is 0 Å². The summed E-state index contributed by atoms with van der Waals surface area (Å²) in [5, 5.41) is 4.58. The number of halogens is 3. The Hall–Kier alpha value is -3.66. The van der Waals surface area contributed by atoms with Gasteiger partial charge in [-0.15, -0.1) is 0 Å². The highest BCUT2D eigenvalue weighted by Crippen LogP contribution is 2.35. The number of aryl methyl sites for hydroxylation is 1. The van der Waals surface area contributed by atoms with E-state index >= 15 is 0 Å². The van der Waals surface area contributed by atoms with Crippen molar-refractivity contribution >= 4 is 21.5 Å². The standard InChI is InChI=1S/C27H18F3N/c1-17-16-20(9-12-22(17)19-6-10-21(11-7-19)27(28,29)30)26-25-13-8-18-4-2-3-5-23(18)24(25)14-15-31-26/h2-16H,1H3. The molecule has 0 aliphatic carbocycles. The molecule has 0 spiro atoms. The van der Waals surface area contributed by atoms with Crippen LogP contribution in [0.5, 0.6) is 0 Å². The van der Waals surface area contributed by atoms with Crippen molar-refractivity contribution in [3.8, 4) is 22.4 Å². The van der Waals surface area contributed by atoms with Gasteiger partial charge in [0.05, 0.1) is 11.3 Å². The van der Waals surface area contributed by atoms with Gasteiger partial charge in [0.1, 0.15) is 0 Å². The van der Waals surface area contributed by atoms with E-state index in [-0.39, 0.29) is 0 Å². The van der Waals surface area contributed by atoms with Crippen molar-refractivity contribution in [1.82, 2.24) is 4.98 Å². The fraction of sp³-hybridized carbons (Fsp3) is 0.0741. The normalized spacial score (nSPS) is 11.9. The molecule has 5 aromatic rings. The summed E-state index contributed by atoms with van der Waals surface area (Å²) in [5.41, 5.74) is 3.88. The van der Waals surface area contributed by atoms with E-state index in [0.29, 0.717) is 0 Å². The number of benzene rings is 4. The lowest BCUT2D eigenvalue weighted by Crippen LogP contribution is -2.04. The Morgan fingerprint density at radius 1 is 0.677 bits per heavy atom. The lowest BCUT2D eigenvalue weighted by atomic mass is 9.94. The summed E-state index contributed by atoms with van der Waals surface area (Å²) in [5.74, 6) is 0. The SMILES string of the molecule is Cc1cc(-c2nccc3c2ccc2ccccc23)ccc1-c1ccc(C(F)(F)F)cc1. The molecule has 0 saturated heterocycles. The zero-order chi connectivity index (χ0) is 21.6. The van der Waals surface area contributed by atoms with Crippen LogP contribution in [0.1, 0.15) is 11.1 Å². The Balaban J connectivity index is 1.59. The van der Waals surface area contributed by atoms with Gasteiger partial charge in [-0.3, -0.25) is 4.98 Å². The predicted octanol–water partition coefficient (Wildman–Crippen LogP) is 8.05. The van der Waals surface area contributed by atoms with Gasteiger partial charge in [-0.25, -0.2) is 0 Å². The van der Waals surface area contributed by atoms with Crippen LogP contribution in [0.4, 0.5) is 13.2 Å². The second kappa shape index (κ2) is 7.24. The van der Waals surface area contributed by atoms with Crippen LogP contribution >= 0.6 is 0 Å². The molecule has 0 unspecified atom stereocenters. The molecule has 31 heavy (non-hydrogen) atoms. The van der Waals surface area contributed by atoms with Crippen molar-refractivity contribution in [1.29, 1.82) is 0 Å². The molecule has 0 aliphatic rings. The molecule has 1 nitrogen and oxygen atoms in total. The van der Waals surface area contributed by atoms with Gasteiger partial charge in [0.25, 0.3) is 0 Å². The molecule has 4 aromatic carbocycles. The quantitative estimate of drug-likeness (QED) is 0.267. The highest BCUT2D eigenvalue weighted by atomic mass is 19.4. The molecule has 5 rings (SSSR count). The Bertz CT molecular complexity index is 1420. The van der Waals surface area contributed by atoms with Gasteiger partial charge in [0.15, 0.2) is 0 Å². The average Bonchev–Trinajstić information content (AvgIpc) is 2.78. The molecule has 0 saturated carbocycles. The summed E-state index contributed by atoms with van der Waals surface area (Å²) in [7, 11) is 0. The Kier molecular flexibility index (Phi) is 4.51. The number of nitrogens with zero attached hydrogens (tertiary/aromatic N) is 1. The molecule has 0 atom stereocenters. The van der Waals surface area contributed by atoms with Crippen molar-refractivity contribution in [3.63, 3.8) is 0 Å². The minimum Gasteiger partial charge on any atom is -0.256 e. The zero-order valence-corrected chi connectivity index (χ0v) is 16.7. The van der Waals surface area contributed by atoms with Gasteiger partial charge in [0.2, 0.25) is 0 Å². The molecule has 0 amide bonds. The lowest BCUT2D eigenvalue weighted by Gasteiger charge is -2.12. The van der Waals surface area contributed by atoms with Crippen LogP contribution in [-0.4, -0.2) is 4.98 Å². The maximum atomic E-state index is 12.9. The molecule has 0 radical (unpaired) electrons. The van der Waals surface area contributed by atoms with Crippen LogP contribution in [0.25, 0.3) is 43.9 Å². The zero-order valence-electron chi connectivity index (χ0n) is 16.7. The van der Waals surface area contributed by atoms with E-state index in [1.807, 2.05) is 49.5 Å². The van der Waals surface area contributed by atoms with Crippen LogP contribution in [0.2, 0.25) is 0 Å². The third kappa shape index (κ3) is 3.44. The van der Waals surface area contributed by atoms with Gasteiger partial charge < -0.3 is 0 Å². The number of rotatable bonds is 2. The highest BCUT2D eigenvalue weighted by Gasteiger charge is 2.30. The van der Waals surface area contributed by atoms with Crippen LogP contribution in [0, 0.1) is 6.92 Å². The van der Waals surface area contributed by atoms with E-state index in [2.05, 4.69) is 29.2 Å². The van der Waals surface area contributed by atoms with Crippen molar-refractivity contribution < 1.29 is 13.2 Å². The smallest absolute Gasteiger partial charge is 0.256 e. The third-order valence-electron chi connectivity index (χ3n) is 5.69. The summed E-state index contributed by atoms with van der Waals surface area (Å²) < 4.78 is 38.6. The predicted molar refractivity (Wildman–Crippen MR) is 120 cm³/mol. The summed E-state index contributed by atoms with van der Waals surface area (Å²) in [6, 6.07) is 25.8. The fourth-order valence-corrected chi connectivity index (χ4v) is 4.14. The number of hydrogen-bond acceptors (Lipinski definition) is 1. The summed E-state index contributed by atoms with van der Waals surface area (Å²) in [6.07, 6.45) is -2.51. The Morgan fingerprint density at radius 2 is 1.42 bits per heavy atom. The van der Waals surface area contributed by atoms with Gasteiger partial charge in [-0.2, -0.15) is 13.2 Å². The molecule has 0 bridgehead atoms. The third-order valence-corrected chi connectivity index (χ3v) is 5.69. The Labute approximate surface area is 177 Å².